The van der Waals surface area contributed by atoms with Crippen LogP contribution in [0.3, 0.4) is 0 Å². The summed E-state index contributed by atoms with van der Waals surface area (Å²) in [5, 5.41) is 3.35. The lowest BCUT2D eigenvalue weighted by Gasteiger charge is -2.27. The van der Waals surface area contributed by atoms with Crippen molar-refractivity contribution in [3.05, 3.63) is 29.8 Å². The molecule has 0 aliphatic carbocycles. The maximum absolute atomic E-state index is 13.0. The van der Waals surface area contributed by atoms with Gasteiger partial charge < -0.3 is 10.2 Å². The fraction of sp³-hybridized carbons (Fsp3) is 0.625. The van der Waals surface area contributed by atoms with Crippen LogP contribution >= 0.6 is 0 Å². The zero-order valence-corrected chi connectivity index (χ0v) is 14.1. The van der Waals surface area contributed by atoms with E-state index in [2.05, 4.69) is 10.2 Å². The van der Waals surface area contributed by atoms with Gasteiger partial charge in [-0.25, -0.2) is 8.42 Å². The maximum atomic E-state index is 13.0. The molecular formula is C16H25N3O2S. The highest BCUT2D eigenvalue weighted by atomic mass is 32.2. The van der Waals surface area contributed by atoms with Crippen LogP contribution in [-0.4, -0.2) is 56.9 Å². The lowest BCUT2D eigenvalue weighted by atomic mass is 10.1. The van der Waals surface area contributed by atoms with Crippen LogP contribution in [0.25, 0.3) is 0 Å². The van der Waals surface area contributed by atoms with Gasteiger partial charge in [-0.3, -0.25) is 0 Å². The molecule has 2 aliphatic rings. The van der Waals surface area contributed by atoms with Crippen molar-refractivity contribution in [3.8, 4) is 0 Å². The van der Waals surface area contributed by atoms with E-state index in [1.807, 2.05) is 26.2 Å². The summed E-state index contributed by atoms with van der Waals surface area (Å²) in [6.45, 7) is 2.50. The molecule has 2 saturated heterocycles. The molecule has 0 amide bonds. The first-order chi connectivity index (χ1) is 10.5. The Kier molecular flexibility index (Phi) is 4.54. The van der Waals surface area contributed by atoms with E-state index in [1.165, 1.54) is 0 Å². The highest BCUT2D eigenvalue weighted by Crippen LogP contribution is 2.33. The zero-order chi connectivity index (χ0) is 15.7. The van der Waals surface area contributed by atoms with Crippen molar-refractivity contribution in [1.29, 1.82) is 0 Å². The Labute approximate surface area is 133 Å². The summed E-state index contributed by atoms with van der Waals surface area (Å²) >= 11 is 0. The average molecular weight is 323 g/mol. The second-order valence-corrected chi connectivity index (χ2v) is 8.44. The Morgan fingerprint density at radius 3 is 2.50 bits per heavy atom. The van der Waals surface area contributed by atoms with Crippen LogP contribution in [0.5, 0.6) is 0 Å². The molecule has 22 heavy (non-hydrogen) atoms. The van der Waals surface area contributed by atoms with Gasteiger partial charge in [0.15, 0.2) is 0 Å². The molecule has 1 aromatic rings. The molecule has 1 aromatic carbocycles. The molecule has 122 valence electrons. The Morgan fingerprint density at radius 1 is 1.14 bits per heavy atom. The van der Waals surface area contributed by atoms with Crippen LogP contribution in [-0.2, 0) is 16.6 Å². The van der Waals surface area contributed by atoms with Crippen molar-refractivity contribution in [1.82, 2.24) is 14.5 Å². The van der Waals surface area contributed by atoms with Gasteiger partial charge in [0.05, 0.1) is 4.90 Å². The maximum Gasteiger partial charge on any atom is 0.243 e. The summed E-state index contributed by atoms with van der Waals surface area (Å²) in [6, 6.07) is 7.62. The van der Waals surface area contributed by atoms with Crippen molar-refractivity contribution in [2.45, 2.75) is 42.8 Å². The van der Waals surface area contributed by atoms with Crippen LogP contribution in [0.4, 0.5) is 0 Å². The second kappa shape index (κ2) is 6.28. The van der Waals surface area contributed by atoms with E-state index in [0.717, 1.165) is 44.5 Å². The minimum absolute atomic E-state index is 0.110. The van der Waals surface area contributed by atoms with Gasteiger partial charge in [-0.2, -0.15) is 4.31 Å². The molecule has 3 rings (SSSR count). The van der Waals surface area contributed by atoms with Gasteiger partial charge in [-0.1, -0.05) is 12.1 Å². The van der Waals surface area contributed by atoms with Crippen LogP contribution in [0.2, 0.25) is 0 Å². The smallest absolute Gasteiger partial charge is 0.243 e. The summed E-state index contributed by atoms with van der Waals surface area (Å²) in [6.07, 6.45) is 2.87. The average Bonchev–Trinajstić information content (AvgIpc) is 2.72. The molecular weight excluding hydrogens is 298 g/mol. The number of benzene rings is 1. The first-order valence-corrected chi connectivity index (χ1v) is 9.40. The highest BCUT2D eigenvalue weighted by molar-refractivity contribution is 7.89. The fourth-order valence-electron chi connectivity index (χ4n) is 3.58. The van der Waals surface area contributed by atoms with E-state index in [1.54, 1.807) is 16.4 Å². The van der Waals surface area contributed by atoms with Gasteiger partial charge in [0.2, 0.25) is 10.0 Å². The van der Waals surface area contributed by atoms with Crippen LogP contribution in [0, 0.1) is 0 Å². The Hall–Kier alpha value is -0.950. The molecule has 2 fully saturated rings. The van der Waals surface area contributed by atoms with Crippen molar-refractivity contribution in [2.75, 3.05) is 27.2 Å². The predicted octanol–water partition coefficient (Wildman–Crippen LogP) is 1.26. The van der Waals surface area contributed by atoms with Gasteiger partial charge in [-0.05, 0) is 57.6 Å². The Balaban J connectivity index is 1.86. The van der Waals surface area contributed by atoms with Crippen molar-refractivity contribution in [2.24, 2.45) is 0 Å². The third-order valence-corrected chi connectivity index (χ3v) is 6.60. The first-order valence-electron chi connectivity index (χ1n) is 7.96. The van der Waals surface area contributed by atoms with Crippen molar-refractivity contribution in [3.63, 3.8) is 0 Å². The molecule has 2 heterocycles. The number of rotatable bonds is 4. The van der Waals surface area contributed by atoms with Crippen molar-refractivity contribution < 1.29 is 8.42 Å². The summed E-state index contributed by atoms with van der Waals surface area (Å²) in [4.78, 5) is 2.50. The van der Waals surface area contributed by atoms with E-state index < -0.39 is 10.0 Å². The minimum atomic E-state index is -3.39. The normalized spacial score (nSPS) is 26.3. The Bertz CT molecular complexity index is 599. The third-order valence-electron chi connectivity index (χ3n) is 4.58. The third kappa shape index (κ3) is 3.06. The number of nitrogens with zero attached hydrogens (tertiary/aromatic N) is 2. The summed E-state index contributed by atoms with van der Waals surface area (Å²) < 4.78 is 27.8. The number of sulfonamides is 1. The molecule has 0 saturated carbocycles. The molecule has 0 spiro atoms. The molecule has 2 unspecified atom stereocenters. The number of nitrogens with one attached hydrogen (secondary N) is 1. The van der Waals surface area contributed by atoms with Crippen LogP contribution in [0.15, 0.2) is 29.2 Å². The minimum Gasteiger partial charge on any atom is -0.315 e. The zero-order valence-electron chi connectivity index (χ0n) is 13.3. The summed E-state index contributed by atoms with van der Waals surface area (Å²) in [7, 11) is 0.626. The lowest BCUT2D eigenvalue weighted by molar-refractivity contribution is 0.334. The molecule has 6 heteroatoms. The van der Waals surface area contributed by atoms with E-state index in [9.17, 15) is 8.42 Å². The summed E-state index contributed by atoms with van der Waals surface area (Å²) in [5.41, 5.74) is 1.13. The number of fused-ring (bicyclic) bond motifs is 2. The van der Waals surface area contributed by atoms with E-state index in [4.69, 9.17) is 0 Å². The molecule has 1 N–H and O–H groups in total. The first kappa shape index (κ1) is 15.9. The fourth-order valence-corrected chi connectivity index (χ4v) is 5.48. The molecule has 0 radical (unpaired) electrons. The quantitative estimate of drug-likeness (QED) is 0.906. The molecule has 2 aliphatic heterocycles. The van der Waals surface area contributed by atoms with Crippen LogP contribution < -0.4 is 5.32 Å². The lowest BCUT2D eigenvalue weighted by Crippen LogP contribution is -2.42. The SMILES string of the molecule is CN(C)Cc1ccc(S(=O)(=O)N2C3CCNCC2CC3)cc1. The molecule has 5 nitrogen and oxygen atoms in total. The van der Waals surface area contributed by atoms with Gasteiger partial charge >= 0.3 is 0 Å². The van der Waals surface area contributed by atoms with E-state index >= 15 is 0 Å². The van der Waals surface area contributed by atoms with E-state index in [-0.39, 0.29) is 12.1 Å². The highest BCUT2D eigenvalue weighted by Gasteiger charge is 2.42. The number of hydrogen-bond acceptors (Lipinski definition) is 4. The topological polar surface area (TPSA) is 52.7 Å². The van der Waals surface area contributed by atoms with E-state index in [0.29, 0.717) is 4.90 Å². The number of hydrogen-bond donors (Lipinski definition) is 1. The largest absolute Gasteiger partial charge is 0.315 e. The molecule has 2 bridgehead atoms. The van der Waals surface area contributed by atoms with Crippen LogP contribution in [0.1, 0.15) is 24.8 Å². The Morgan fingerprint density at radius 2 is 1.82 bits per heavy atom. The molecule has 0 aromatic heterocycles. The second-order valence-electron chi connectivity index (χ2n) is 6.59. The van der Waals surface area contributed by atoms with Gasteiger partial charge in [0, 0.05) is 25.2 Å². The van der Waals surface area contributed by atoms with Gasteiger partial charge in [-0.15, -0.1) is 0 Å². The van der Waals surface area contributed by atoms with Gasteiger partial charge in [0.25, 0.3) is 0 Å². The van der Waals surface area contributed by atoms with Gasteiger partial charge in [0.1, 0.15) is 0 Å². The monoisotopic (exact) mass is 323 g/mol. The van der Waals surface area contributed by atoms with Crippen molar-refractivity contribution >= 4 is 10.0 Å². The standard InChI is InChI=1S/C16H25N3O2S/c1-18(2)12-13-3-7-16(8-4-13)22(20,21)19-14-5-6-15(19)11-17-10-9-14/h3-4,7-8,14-15,17H,5-6,9-12H2,1-2H3. The predicted molar refractivity (Wildman–Crippen MR) is 87.2 cm³/mol. The molecule has 2 atom stereocenters. The summed E-state index contributed by atoms with van der Waals surface area (Å²) in [5.74, 6) is 0.